The Morgan fingerprint density at radius 1 is 1.42 bits per heavy atom. The number of amides is 1. The summed E-state index contributed by atoms with van der Waals surface area (Å²) >= 11 is 0. The highest BCUT2D eigenvalue weighted by Crippen LogP contribution is 2.08. The van der Waals surface area contributed by atoms with Crippen LogP contribution >= 0.6 is 0 Å². The van der Waals surface area contributed by atoms with Crippen LogP contribution in [-0.2, 0) is 11.3 Å². The first-order valence-corrected chi connectivity index (χ1v) is 6.60. The van der Waals surface area contributed by atoms with Gasteiger partial charge in [0.05, 0.1) is 6.54 Å². The second-order valence-electron chi connectivity index (χ2n) is 4.89. The van der Waals surface area contributed by atoms with E-state index in [0.717, 1.165) is 31.7 Å². The highest BCUT2D eigenvalue weighted by atomic mass is 19.1. The standard InChI is InChI=1S/C14H20FN3O/c1-11-8-12(2-3-13(11)15)9-17-14(19)10-18-6-4-16-5-7-18/h2-3,8,16H,4-7,9-10H2,1H3,(H,17,19). The fourth-order valence-electron chi connectivity index (χ4n) is 2.15. The number of rotatable bonds is 4. The van der Waals surface area contributed by atoms with E-state index in [-0.39, 0.29) is 11.7 Å². The van der Waals surface area contributed by atoms with Crippen molar-refractivity contribution in [2.24, 2.45) is 0 Å². The lowest BCUT2D eigenvalue weighted by Gasteiger charge is -2.26. The minimum Gasteiger partial charge on any atom is -0.351 e. The van der Waals surface area contributed by atoms with Crippen molar-refractivity contribution in [2.75, 3.05) is 32.7 Å². The molecule has 19 heavy (non-hydrogen) atoms. The topological polar surface area (TPSA) is 44.4 Å². The highest BCUT2D eigenvalue weighted by Gasteiger charge is 2.13. The van der Waals surface area contributed by atoms with Crippen LogP contribution in [0.5, 0.6) is 0 Å². The van der Waals surface area contributed by atoms with Gasteiger partial charge in [-0.2, -0.15) is 0 Å². The summed E-state index contributed by atoms with van der Waals surface area (Å²) in [6.45, 7) is 6.29. The lowest BCUT2D eigenvalue weighted by atomic mass is 10.1. The van der Waals surface area contributed by atoms with Crippen molar-refractivity contribution in [1.29, 1.82) is 0 Å². The molecule has 2 rings (SSSR count). The summed E-state index contributed by atoms with van der Waals surface area (Å²) in [6, 6.07) is 4.90. The minimum absolute atomic E-state index is 0.0175. The fraction of sp³-hybridized carbons (Fsp3) is 0.500. The number of nitrogens with zero attached hydrogens (tertiary/aromatic N) is 1. The van der Waals surface area contributed by atoms with Crippen LogP contribution in [0.3, 0.4) is 0 Å². The molecule has 1 aliphatic heterocycles. The average molecular weight is 265 g/mol. The quantitative estimate of drug-likeness (QED) is 0.840. The van der Waals surface area contributed by atoms with Gasteiger partial charge in [0.2, 0.25) is 5.91 Å². The molecule has 5 heteroatoms. The van der Waals surface area contributed by atoms with Crippen LogP contribution < -0.4 is 10.6 Å². The van der Waals surface area contributed by atoms with Gasteiger partial charge in [0, 0.05) is 32.7 Å². The summed E-state index contributed by atoms with van der Waals surface area (Å²) in [5.41, 5.74) is 1.53. The maximum Gasteiger partial charge on any atom is 0.234 e. The van der Waals surface area contributed by atoms with E-state index in [1.807, 2.05) is 0 Å². The number of hydrogen-bond donors (Lipinski definition) is 2. The molecular weight excluding hydrogens is 245 g/mol. The zero-order chi connectivity index (χ0) is 13.7. The lowest BCUT2D eigenvalue weighted by molar-refractivity contribution is -0.122. The van der Waals surface area contributed by atoms with Gasteiger partial charge in [0.15, 0.2) is 0 Å². The van der Waals surface area contributed by atoms with Gasteiger partial charge in [0.1, 0.15) is 5.82 Å². The SMILES string of the molecule is Cc1cc(CNC(=O)CN2CCNCC2)ccc1F. The molecule has 1 aromatic rings. The Bertz CT molecular complexity index is 444. The van der Waals surface area contributed by atoms with Crippen LogP contribution in [0.15, 0.2) is 18.2 Å². The number of benzene rings is 1. The van der Waals surface area contributed by atoms with E-state index in [1.54, 1.807) is 19.1 Å². The monoisotopic (exact) mass is 265 g/mol. The zero-order valence-corrected chi connectivity index (χ0v) is 11.2. The van der Waals surface area contributed by atoms with E-state index < -0.39 is 0 Å². The van der Waals surface area contributed by atoms with Crippen LogP contribution in [0.1, 0.15) is 11.1 Å². The van der Waals surface area contributed by atoms with E-state index in [4.69, 9.17) is 0 Å². The van der Waals surface area contributed by atoms with Crippen LogP contribution in [-0.4, -0.2) is 43.5 Å². The molecule has 1 fully saturated rings. The molecule has 0 saturated carbocycles. The first kappa shape index (κ1) is 14.0. The van der Waals surface area contributed by atoms with Crippen molar-refractivity contribution in [1.82, 2.24) is 15.5 Å². The Balaban J connectivity index is 1.77. The van der Waals surface area contributed by atoms with Crippen molar-refractivity contribution in [3.63, 3.8) is 0 Å². The number of carbonyl (C=O) groups excluding carboxylic acids is 1. The van der Waals surface area contributed by atoms with Crippen LogP contribution in [0.25, 0.3) is 0 Å². The number of hydrogen-bond acceptors (Lipinski definition) is 3. The first-order chi connectivity index (χ1) is 9.15. The number of piperazine rings is 1. The smallest absolute Gasteiger partial charge is 0.234 e. The molecule has 0 aliphatic carbocycles. The molecule has 1 heterocycles. The van der Waals surface area contributed by atoms with Gasteiger partial charge in [0.25, 0.3) is 0 Å². The Kier molecular flexibility index (Phi) is 4.87. The molecule has 4 nitrogen and oxygen atoms in total. The number of aryl methyl sites for hydroxylation is 1. The van der Waals surface area contributed by atoms with Crippen molar-refractivity contribution < 1.29 is 9.18 Å². The molecule has 0 radical (unpaired) electrons. The van der Waals surface area contributed by atoms with Crippen LogP contribution in [0.4, 0.5) is 4.39 Å². The van der Waals surface area contributed by atoms with E-state index in [2.05, 4.69) is 15.5 Å². The summed E-state index contributed by atoms with van der Waals surface area (Å²) in [6.07, 6.45) is 0. The molecule has 0 aromatic heterocycles. The summed E-state index contributed by atoms with van der Waals surface area (Å²) in [7, 11) is 0. The molecule has 1 aromatic carbocycles. The summed E-state index contributed by atoms with van der Waals surface area (Å²) in [5, 5.41) is 6.12. The molecule has 104 valence electrons. The van der Waals surface area contributed by atoms with Crippen LogP contribution in [0, 0.1) is 12.7 Å². The van der Waals surface area contributed by atoms with E-state index in [9.17, 15) is 9.18 Å². The van der Waals surface area contributed by atoms with Gasteiger partial charge < -0.3 is 10.6 Å². The van der Waals surface area contributed by atoms with E-state index in [1.165, 1.54) is 6.07 Å². The Morgan fingerprint density at radius 2 is 2.16 bits per heavy atom. The number of nitrogens with one attached hydrogen (secondary N) is 2. The molecular formula is C14H20FN3O. The third kappa shape index (κ3) is 4.29. The average Bonchev–Trinajstić information content (AvgIpc) is 2.41. The maximum absolute atomic E-state index is 13.1. The molecule has 1 aliphatic rings. The van der Waals surface area contributed by atoms with Crippen molar-refractivity contribution in [2.45, 2.75) is 13.5 Å². The van der Waals surface area contributed by atoms with Gasteiger partial charge in [-0.25, -0.2) is 4.39 Å². The zero-order valence-electron chi connectivity index (χ0n) is 11.2. The third-order valence-electron chi connectivity index (χ3n) is 3.29. The first-order valence-electron chi connectivity index (χ1n) is 6.60. The number of halogens is 1. The van der Waals surface area contributed by atoms with Crippen molar-refractivity contribution >= 4 is 5.91 Å². The number of carbonyl (C=O) groups is 1. The molecule has 1 amide bonds. The van der Waals surface area contributed by atoms with Crippen molar-refractivity contribution in [3.05, 3.63) is 35.1 Å². The second kappa shape index (κ2) is 6.63. The normalized spacial score (nSPS) is 16.3. The summed E-state index contributed by atoms with van der Waals surface area (Å²) < 4.78 is 13.1. The molecule has 0 bridgehead atoms. The van der Waals surface area contributed by atoms with E-state index >= 15 is 0 Å². The molecule has 2 N–H and O–H groups in total. The molecule has 1 saturated heterocycles. The maximum atomic E-state index is 13.1. The predicted molar refractivity (Wildman–Crippen MR) is 72.3 cm³/mol. The Morgan fingerprint density at radius 3 is 2.84 bits per heavy atom. The van der Waals surface area contributed by atoms with Crippen molar-refractivity contribution in [3.8, 4) is 0 Å². The van der Waals surface area contributed by atoms with Gasteiger partial charge >= 0.3 is 0 Å². The van der Waals surface area contributed by atoms with Crippen LogP contribution in [0.2, 0.25) is 0 Å². The largest absolute Gasteiger partial charge is 0.351 e. The van der Waals surface area contributed by atoms with Gasteiger partial charge in [-0.1, -0.05) is 12.1 Å². The Labute approximate surface area is 113 Å². The highest BCUT2D eigenvalue weighted by molar-refractivity contribution is 5.78. The van der Waals surface area contributed by atoms with E-state index in [0.29, 0.717) is 18.7 Å². The summed E-state index contributed by atoms with van der Waals surface area (Å²) in [5.74, 6) is -0.195. The third-order valence-corrected chi connectivity index (χ3v) is 3.29. The lowest BCUT2D eigenvalue weighted by Crippen LogP contribution is -2.47. The van der Waals surface area contributed by atoms with Gasteiger partial charge in [-0.3, -0.25) is 9.69 Å². The second-order valence-corrected chi connectivity index (χ2v) is 4.89. The molecule has 0 atom stereocenters. The predicted octanol–water partition coefficient (Wildman–Crippen LogP) is 0.656. The molecule has 0 unspecified atom stereocenters. The van der Waals surface area contributed by atoms with Gasteiger partial charge in [-0.15, -0.1) is 0 Å². The molecule has 0 spiro atoms. The minimum atomic E-state index is -0.212. The fourth-order valence-corrected chi connectivity index (χ4v) is 2.15. The summed E-state index contributed by atoms with van der Waals surface area (Å²) in [4.78, 5) is 13.9. The Hall–Kier alpha value is -1.46. The van der Waals surface area contributed by atoms with Gasteiger partial charge in [-0.05, 0) is 24.1 Å².